The number of nitrogens with zero attached hydrogens (tertiary/aromatic N) is 2. The lowest BCUT2D eigenvalue weighted by atomic mass is 10.2. The molecule has 0 N–H and O–H groups in total. The van der Waals surface area contributed by atoms with E-state index in [-0.39, 0.29) is 0 Å². The lowest BCUT2D eigenvalue weighted by molar-refractivity contribution is 1.14. The van der Waals surface area contributed by atoms with Gasteiger partial charge in [0.05, 0.1) is 0 Å². The van der Waals surface area contributed by atoms with E-state index in [1.54, 1.807) is 12.3 Å². The molecule has 0 saturated carbocycles. The summed E-state index contributed by atoms with van der Waals surface area (Å²) in [6.07, 6.45) is 1.70. The van der Waals surface area contributed by atoms with Crippen LogP contribution in [0.1, 0.15) is 5.56 Å². The van der Waals surface area contributed by atoms with Crippen molar-refractivity contribution >= 4 is 23.2 Å². The molecule has 0 unspecified atom stereocenters. The Hall–Kier alpha value is -1.12. The summed E-state index contributed by atoms with van der Waals surface area (Å²) in [5.74, 6) is 0.591. The van der Waals surface area contributed by atoms with E-state index in [1.165, 1.54) is 0 Å². The fourth-order valence-electron chi connectivity index (χ4n) is 1.19. The molecule has 0 aliphatic heterocycles. The third-order valence-corrected chi connectivity index (χ3v) is 2.61. The molecule has 0 amide bonds. The van der Waals surface area contributed by atoms with E-state index >= 15 is 0 Å². The summed E-state index contributed by atoms with van der Waals surface area (Å²) < 4.78 is 0. The first kappa shape index (κ1) is 10.4. The van der Waals surface area contributed by atoms with Crippen molar-refractivity contribution in [3.05, 3.63) is 46.2 Å². The van der Waals surface area contributed by atoms with Crippen molar-refractivity contribution in [3.8, 4) is 11.4 Å². The van der Waals surface area contributed by atoms with Gasteiger partial charge in [-0.3, -0.25) is 0 Å². The minimum absolute atomic E-state index is 0.472. The van der Waals surface area contributed by atoms with Crippen molar-refractivity contribution in [2.45, 2.75) is 6.92 Å². The van der Waals surface area contributed by atoms with Crippen LogP contribution in [0.15, 0.2) is 30.5 Å². The van der Waals surface area contributed by atoms with E-state index in [9.17, 15) is 0 Å². The molecule has 76 valence electrons. The van der Waals surface area contributed by atoms with E-state index in [0.29, 0.717) is 16.0 Å². The van der Waals surface area contributed by atoms with Crippen LogP contribution in [0.3, 0.4) is 0 Å². The first-order valence-corrected chi connectivity index (χ1v) is 5.17. The fraction of sp³-hybridized carbons (Fsp3) is 0.0909. The summed E-state index contributed by atoms with van der Waals surface area (Å²) in [5, 5.41) is 1.13. The Morgan fingerprint density at radius 3 is 2.67 bits per heavy atom. The number of hydrogen-bond donors (Lipinski definition) is 0. The highest BCUT2D eigenvalue weighted by Crippen LogP contribution is 2.21. The average Bonchev–Trinajstić information content (AvgIpc) is 2.22. The number of halogens is 2. The molecular weight excluding hydrogens is 231 g/mol. The van der Waals surface area contributed by atoms with Crippen LogP contribution >= 0.6 is 23.2 Å². The Bertz CT molecular complexity index is 498. The zero-order valence-electron chi connectivity index (χ0n) is 8.04. The summed E-state index contributed by atoms with van der Waals surface area (Å²) in [6.45, 7) is 1.87. The fourth-order valence-corrected chi connectivity index (χ4v) is 1.51. The molecule has 2 nitrogen and oxygen atoms in total. The van der Waals surface area contributed by atoms with E-state index in [2.05, 4.69) is 9.97 Å². The highest BCUT2D eigenvalue weighted by Gasteiger charge is 2.04. The molecular formula is C11H8Cl2N2. The lowest BCUT2D eigenvalue weighted by Crippen LogP contribution is -1.91. The van der Waals surface area contributed by atoms with Crippen LogP contribution in [0.25, 0.3) is 11.4 Å². The molecule has 15 heavy (non-hydrogen) atoms. The molecule has 1 aromatic carbocycles. The largest absolute Gasteiger partial charge is 0.236 e. The number of aromatic nitrogens is 2. The Morgan fingerprint density at radius 2 is 2.00 bits per heavy atom. The molecule has 0 atom stereocenters. The summed E-state index contributed by atoms with van der Waals surface area (Å²) in [4.78, 5) is 8.38. The first-order chi connectivity index (χ1) is 7.16. The summed E-state index contributed by atoms with van der Waals surface area (Å²) in [5.41, 5.74) is 1.73. The molecule has 0 spiro atoms. The number of rotatable bonds is 1. The van der Waals surface area contributed by atoms with Crippen molar-refractivity contribution in [1.29, 1.82) is 0 Å². The zero-order chi connectivity index (χ0) is 10.8. The second-order valence-corrected chi connectivity index (χ2v) is 3.97. The smallest absolute Gasteiger partial charge is 0.160 e. The topological polar surface area (TPSA) is 25.8 Å². The molecule has 0 radical (unpaired) electrons. The number of hydrogen-bond acceptors (Lipinski definition) is 2. The Kier molecular flexibility index (Phi) is 2.89. The molecule has 1 aromatic heterocycles. The van der Waals surface area contributed by atoms with Crippen LogP contribution < -0.4 is 0 Å². The maximum atomic E-state index is 5.92. The van der Waals surface area contributed by atoms with E-state index in [4.69, 9.17) is 23.2 Å². The van der Waals surface area contributed by atoms with Crippen molar-refractivity contribution in [3.63, 3.8) is 0 Å². The van der Waals surface area contributed by atoms with Crippen LogP contribution in [0.5, 0.6) is 0 Å². The molecule has 0 fully saturated rings. The normalized spacial score (nSPS) is 10.3. The van der Waals surface area contributed by atoms with Gasteiger partial charge in [-0.25, -0.2) is 9.97 Å². The van der Waals surface area contributed by atoms with Crippen molar-refractivity contribution in [2.24, 2.45) is 0 Å². The van der Waals surface area contributed by atoms with Gasteiger partial charge in [0.1, 0.15) is 5.15 Å². The molecule has 2 rings (SSSR count). The van der Waals surface area contributed by atoms with Gasteiger partial charge < -0.3 is 0 Å². The van der Waals surface area contributed by atoms with Crippen LogP contribution in [0.2, 0.25) is 10.2 Å². The quantitative estimate of drug-likeness (QED) is 0.708. The van der Waals surface area contributed by atoms with Gasteiger partial charge in [0.15, 0.2) is 5.82 Å². The van der Waals surface area contributed by atoms with Crippen molar-refractivity contribution < 1.29 is 0 Å². The highest BCUT2D eigenvalue weighted by molar-refractivity contribution is 6.31. The Balaban J connectivity index is 2.50. The van der Waals surface area contributed by atoms with E-state index in [0.717, 1.165) is 11.1 Å². The third-order valence-electron chi connectivity index (χ3n) is 1.99. The third kappa shape index (κ3) is 2.28. The predicted octanol–water partition coefficient (Wildman–Crippen LogP) is 3.76. The van der Waals surface area contributed by atoms with Gasteiger partial charge in [-0.1, -0.05) is 35.3 Å². The molecule has 2 aromatic rings. The maximum Gasteiger partial charge on any atom is 0.160 e. The standard InChI is InChI=1S/C11H8Cl2N2/c1-7-6-14-11(15-10(7)13)8-3-2-4-9(12)5-8/h2-6H,1H3. The lowest BCUT2D eigenvalue weighted by Gasteiger charge is -2.02. The van der Waals surface area contributed by atoms with Gasteiger partial charge in [0, 0.05) is 22.3 Å². The zero-order valence-corrected chi connectivity index (χ0v) is 9.55. The SMILES string of the molecule is Cc1cnc(-c2cccc(Cl)c2)nc1Cl. The van der Waals surface area contributed by atoms with Gasteiger partial charge >= 0.3 is 0 Å². The van der Waals surface area contributed by atoms with E-state index in [1.807, 2.05) is 25.1 Å². The number of aryl methyl sites for hydroxylation is 1. The van der Waals surface area contributed by atoms with Crippen molar-refractivity contribution in [2.75, 3.05) is 0 Å². The summed E-state index contributed by atoms with van der Waals surface area (Å²) in [6, 6.07) is 7.37. The van der Waals surface area contributed by atoms with Gasteiger partial charge in [0.25, 0.3) is 0 Å². The van der Waals surface area contributed by atoms with Gasteiger partial charge in [-0.05, 0) is 19.1 Å². The second-order valence-electron chi connectivity index (χ2n) is 3.18. The minimum atomic E-state index is 0.472. The summed E-state index contributed by atoms with van der Waals surface area (Å²) in [7, 11) is 0. The van der Waals surface area contributed by atoms with E-state index < -0.39 is 0 Å². The van der Waals surface area contributed by atoms with Crippen LogP contribution in [0.4, 0.5) is 0 Å². The van der Waals surface area contributed by atoms with Crippen LogP contribution in [-0.4, -0.2) is 9.97 Å². The van der Waals surface area contributed by atoms with Gasteiger partial charge in [-0.15, -0.1) is 0 Å². The predicted molar refractivity (Wildman–Crippen MR) is 62.2 cm³/mol. The first-order valence-electron chi connectivity index (χ1n) is 4.42. The highest BCUT2D eigenvalue weighted by atomic mass is 35.5. The molecule has 0 bridgehead atoms. The Morgan fingerprint density at radius 1 is 1.20 bits per heavy atom. The Labute approximate surface area is 97.9 Å². The van der Waals surface area contributed by atoms with Gasteiger partial charge in [0.2, 0.25) is 0 Å². The van der Waals surface area contributed by atoms with Crippen LogP contribution in [-0.2, 0) is 0 Å². The van der Waals surface area contributed by atoms with Crippen molar-refractivity contribution in [1.82, 2.24) is 9.97 Å². The van der Waals surface area contributed by atoms with Gasteiger partial charge in [-0.2, -0.15) is 0 Å². The molecule has 4 heteroatoms. The van der Waals surface area contributed by atoms with Crippen LogP contribution in [0, 0.1) is 6.92 Å². The molecule has 0 aliphatic carbocycles. The summed E-state index contributed by atoms with van der Waals surface area (Å²) >= 11 is 11.8. The molecule has 0 saturated heterocycles. The molecule has 1 heterocycles. The average molecular weight is 239 g/mol. The minimum Gasteiger partial charge on any atom is -0.236 e. The number of benzene rings is 1. The second kappa shape index (κ2) is 4.17. The molecule has 0 aliphatic rings. The maximum absolute atomic E-state index is 5.92. The monoisotopic (exact) mass is 238 g/mol.